The third-order valence-electron chi connectivity index (χ3n) is 4.88. The molecular weight excluding hydrogens is 324 g/mol. The maximum atomic E-state index is 13.1. The van der Waals surface area contributed by atoms with Gasteiger partial charge in [-0.05, 0) is 36.3 Å². The summed E-state index contributed by atoms with van der Waals surface area (Å²) in [7, 11) is 0. The number of rotatable bonds is 3. The number of hydrogen-bond acceptors (Lipinski definition) is 4. The maximum absolute atomic E-state index is 13.1. The van der Waals surface area contributed by atoms with Crippen LogP contribution in [0, 0.1) is 0 Å². The largest absolute Gasteiger partial charge is 0.387 e. The molecule has 1 aromatic heterocycles. The van der Waals surface area contributed by atoms with Gasteiger partial charge in [-0.25, -0.2) is 4.79 Å². The van der Waals surface area contributed by atoms with E-state index in [0.29, 0.717) is 12.0 Å². The maximum Gasteiger partial charge on any atom is 0.325 e. The van der Waals surface area contributed by atoms with E-state index in [1.54, 1.807) is 23.5 Å². The standard InChI is InChI=1S/C18H18N2O3S/c21-14(12-5-2-1-3-6-12)11-20-16(22)18(19-17(20)23)9-4-7-15-13(18)8-10-24-15/h1-3,5-6,8,10,14,21H,4,7,9,11H2,(H,19,23). The summed E-state index contributed by atoms with van der Waals surface area (Å²) in [5.74, 6) is -0.248. The Kier molecular flexibility index (Phi) is 3.66. The lowest BCUT2D eigenvalue weighted by Gasteiger charge is -2.31. The lowest BCUT2D eigenvalue weighted by molar-refractivity contribution is -0.133. The van der Waals surface area contributed by atoms with Gasteiger partial charge in [-0.2, -0.15) is 0 Å². The molecule has 0 saturated carbocycles. The fourth-order valence-corrected chi connectivity index (χ4v) is 4.66. The minimum absolute atomic E-state index is 0.0318. The van der Waals surface area contributed by atoms with Crippen molar-refractivity contribution in [3.8, 4) is 0 Å². The van der Waals surface area contributed by atoms with Crippen LogP contribution in [0.3, 0.4) is 0 Å². The lowest BCUT2D eigenvalue weighted by atomic mass is 9.80. The molecule has 124 valence electrons. The van der Waals surface area contributed by atoms with E-state index < -0.39 is 17.7 Å². The van der Waals surface area contributed by atoms with Gasteiger partial charge in [0.25, 0.3) is 5.91 Å². The first-order chi connectivity index (χ1) is 11.6. The van der Waals surface area contributed by atoms with Crippen molar-refractivity contribution in [2.24, 2.45) is 0 Å². The van der Waals surface area contributed by atoms with Crippen molar-refractivity contribution in [1.82, 2.24) is 10.2 Å². The highest BCUT2D eigenvalue weighted by Crippen LogP contribution is 2.42. The van der Waals surface area contributed by atoms with Gasteiger partial charge in [-0.15, -0.1) is 11.3 Å². The second-order valence-corrected chi connectivity index (χ2v) is 7.29. The first-order valence-corrected chi connectivity index (χ1v) is 8.94. The number of carbonyl (C=O) groups excluding carboxylic acids is 2. The monoisotopic (exact) mass is 342 g/mol. The van der Waals surface area contributed by atoms with Gasteiger partial charge in [-0.1, -0.05) is 30.3 Å². The molecule has 2 atom stereocenters. The molecule has 0 radical (unpaired) electrons. The normalized spacial score (nSPS) is 24.1. The molecule has 6 heteroatoms. The zero-order valence-electron chi connectivity index (χ0n) is 13.1. The molecule has 5 nitrogen and oxygen atoms in total. The van der Waals surface area contributed by atoms with Crippen LogP contribution in [0.5, 0.6) is 0 Å². The van der Waals surface area contributed by atoms with Crippen LogP contribution in [0.25, 0.3) is 0 Å². The Bertz CT molecular complexity index is 789. The van der Waals surface area contributed by atoms with Gasteiger partial charge in [0.05, 0.1) is 12.6 Å². The second kappa shape index (κ2) is 5.72. The molecule has 1 aliphatic carbocycles. The van der Waals surface area contributed by atoms with Crippen molar-refractivity contribution >= 4 is 23.3 Å². The summed E-state index contributed by atoms with van der Waals surface area (Å²) in [6.45, 7) is -0.0318. The number of benzene rings is 1. The first-order valence-electron chi connectivity index (χ1n) is 8.06. The highest BCUT2D eigenvalue weighted by molar-refractivity contribution is 7.10. The third-order valence-corrected chi connectivity index (χ3v) is 5.86. The van der Waals surface area contributed by atoms with Gasteiger partial charge >= 0.3 is 6.03 Å². The fourth-order valence-electron chi connectivity index (χ4n) is 3.66. The van der Waals surface area contributed by atoms with E-state index in [-0.39, 0.29) is 12.5 Å². The number of nitrogens with one attached hydrogen (secondary N) is 1. The molecule has 24 heavy (non-hydrogen) atoms. The number of aryl methyl sites for hydroxylation is 1. The second-order valence-electron chi connectivity index (χ2n) is 6.29. The molecule has 1 aliphatic heterocycles. The van der Waals surface area contributed by atoms with Gasteiger partial charge in [-0.3, -0.25) is 9.69 Å². The van der Waals surface area contributed by atoms with Crippen LogP contribution in [-0.4, -0.2) is 28.5 Å². The highest BCUT2D eigenvalue weighted by atomic mass is 32.1. The molecule has 1 fully saturated rings. The molecule has 1 saturated heterocycles. The van der Waals surface area contributed by atoms with E-state index in [1.807, 2.05) is 29.6 Å². The van der Waals surface area contributed by atoms with Crippen LogP contribution < -0.4 is 5.32 Å². The quantitative estimate of drug-likeness (QED) is 0.842. The number of hydrogen-bond donors (Lipinski definition) is 2. The Morgan fingerprint density at radius 2 is 2.04 bits per heavy atom. The summed E-state index contributed by atoms with van der Waals surface area (Å²) < 4.78 is 0. The minimum atomic E-state index is -0.943. The molecule has 3 amide bonds. The summed E-state index contributed by atoms with van der Waals surface area (Å²) >= 11 is 1.63. The fraction of sp³-hybridized carbons (Fsp3) is 0.333. The Hall–Kier alpha value is -2.18. The molecule has 4 rings (SSSR count). The SMILES string of the molecule is O=C1NC2(CCCc3sccc32)C(=O)N1CC(O)c1ccccc1. The first kappa shape index (κ1) is 15.4. The zero-order valence-corrected chi connectivity index (χ0v) is 13.9. The van der Waals surface area contributed by atoms with Gasteiger partial charge in [0.2, 0.25) is 0 Å². The van der Waals surface area contributed by atoms with E-state index in [0.717, 1.165) is 23.3 Å². The number of carbonyl (C=O) groups is 2. The molecule has 2 aliphatic rings. The number of thiophene rings is 1. The van der Waals surface area contributed by atoms with Crippen molar-refractivity contribution in [3.63, 3.8) is 0 Å². The Morgan fingerprint density at radius 3 is 2.83 bits per heavy atom. The highest BCUT2D eigenvalue weighted by Gasteiger charge is 2.54. The van der Waals surface area contributed by atoms with Gasteiger partial charge in [0, 0.05) is 10.4 Å². The molecule has 0 bridgehead atoms. The van der Waals surface area contributed by atoms with Gasteiger partial charge in [0.1, 0.15) is 5.54 Å². The molecule has 2 aromatic rings. The summed E-state index contributed by atoms with van der Waals surface area (Å²) in [4.78, 5) is 27.8. The van der Waals surface area contributed by atoms with Crippen molar-refractivity contribution in [2.75, 3.05) is 6.54 Å². The molecule has 1 spiro atoms. The smallest absolute Gasteiger partial charge is 0.325 e. The van der Waals surface area contributed by atoms with Gasteiger partial charge < -0.3 is 10.4 Å². The molecule has 2 N–H and O–H groups in total. The Labute approximate surface area is 143 Å². The third kappa shape index (κ3) is 2.25. The van der Waals surface area contributed by atoms with Crippen LogP contribution in [0.4, 0.5) is 4.79 Å². The Balaban J connectivity index is 1.62. The van der Waals surface area contributed by atoms with Crippen LogP contribution in [0.15, 0.2) is 41.8 Å². The number of β-amino-alcohol motifs (C(OH)–C–C–N with tert-alkyl or cyclic N) is 1. The number of imide groups is 1. The van der Waals surface area contributed by atoms with Crippen molar-refractivity contribution < 1.29 is 14.7 Å². The molecule has 2 heterocycles. The molecular formula is C18H18N2O3S. The number of aliphatic hydroxyl groups excluding tert-OH is 1. The van der Waals surface area contributed by atoms with E-state index in [1.165, 1.54) is 4.88 Å². The van der Waals surface area contributed by atoms with Crippen LogP contribution in [0.2, 0.25) is 0 Å². The number of amides is 3. The average molecular weight is 342 g/mol. The lowest BCUT2D eigenvalue weighted by Crippen LogP contribution is -2.46. The van der Waals surface area contributed by atoms with Gasteiger partial charge in [0.15, 0.2) is 0 Å². The predicted molar refractivity (Wildman–Crippen MR) is 90.6 cm³/mol. The molecule has 2 unspecified atom stereocenters. The van der Waals surface area contributed by atoms with Crippen LogP contribution in [-0.2, 0) is 16.8 Å². The van der Waals surface area contributed by atoms with Crippen LogP contribution >= 0.6 is 11.3 Å². The van der Waals surface area contributed by atoms with E-state index >= 15 is 0 Å². The van der Waals surface area contributed by atoms with E-state index in [4.69, 9.17) is 0 Å². The van der Waals surface area contributed by atoms with E-state index in [2.05, 4.69) is 5.32 Å². The number of nitrogens with zero attached hydrogens (tertiary/aromatic N) is 1. The Morgan fingerprint density at radius 1 is 1.25 bits per heavy atom. The number of urea groups is 1. The minimum Gasteiger partial charge on any atom is -0.387 e. The predicted octanol–water partition coefficient (Wildman–Crippen LogP) is 2.57. The molecule has 1 aromatic carbocycles. The summed E-state index contributed by atoms with van der Waals surface area (Å²) in [5, 5.41) is 15.3. The summed E-state index contributed by atoms with van der Waals surface area (Å²) in [5.41, 5.74) is 0.675. The average Bonchev–Trinajstić information content (AvgIpc) is 3.16. The number of fused-ring (bicyclic) bond motifs is 2. The topological polar surface area (TPSA) is 69.6 Å². The van der Waals surface area contributed by atoms with Crippen molar-refractivity contribution in [3.05, 3.63) is 57.8 Å². The summed E-state index contributed by atoms with van der Waals surface area (Å²) in [6, 6.07) is 10.6. The van der Waals surface area contributed by atoms with Crippen molar-refractivity contribution in [1.29, 1.82) is 0 Å². The van der Waals surface area contributed by atoms with Crippen molar-refractivity contribution in [2.45, 2.75) is 30.9 Å². The number of aliphatic hydroxyl groups is 1. The summed E-state index contributed by atoms with van der Waals surface area (Å²) in [6.07, 6.45) is 1.54. The zero-order chi connectivity index (χ0) is 16.7. The van der Waals surface area contributed by atoms with Crippen LogP contribution in [0.1, 0.15) is 34.9 Å². The van der Waals surface area contributed by atoms with E-state index in [9.17, 15) is 14.7 Å².